The third-order valence-corrected chi connectivity index (χ3v) is 7.02. The number of hydrogen-bond acceptors (Lipinski definition) is 6. The highest BCUT2D eigenvalue weighted by atomic mass is 79.9. The number of hydrogen-bond donors (Lipinski definition) is 1. The van der Waals surface area contributed by atoms with E-state index in [1.165, 1.54) is 11.8 Å². The molecule has 0 aliphatic carbocycles. The summed E-state index contributed by atoms with van der Waals surface area (Å²) in [6.07, 6.45) is 0. The van der Waals surface area contributed by atoms with Gasteiger partial charge in [-0.15, -0.1) is 0 Å². The van der Waals surface area contributed by atoms with Crippen LogP contribution in [0.5, 0.6) is 0 Å². The average molecular weight is 540 g/mol. The molecule has 1 fully saturated rings. The summed E-state index contributed by atoms with van der Waals surface area (Å²) in [5, 5.41) is 3.54. The summed E-state index contributed by atoms with van der Waals surface area (Å²) >= 11 is 4.79. The van der Waals surface area contributed by atoms with E-state index < -0.39 is 0 Å². The number of benzene rings is 2. The van der Waals surface area contributed by atoms with Crippen molar-refractivity contribution in [3.8, 4) is 0 Å². The van der Waals surface area contributed by atoms with E-state index in [4.69, 9.17) is 0 Å². The number of aromatic nitrogens is 2. The van der Waals surface area contributed by atoms with E-state index in [9.17, 15) is 9.59 Å². The van der Waals surface area contributed by atoms with Crippen LogP contribution in [0.1, 0.15) is 21.7 Å². The van der Waals surface area contributed by atoms with Crippen molar-refractivity contribution in [2.75, 3.05) is 42.1 Å². The molecule has 0 bridgehead atoms. The van der Waals surface area contributed by atoms with Gasteiger partial charge >= 0.3 is 0 Å². The number of amides is 2. The van der Waals surface area contributed by atoms with Gasteiger partial charge in [-0.05, 0) is 72.2 Å². The van der Waals surface area contributed by atoms with Gasteiger partial charge in [-0.3, -0.25) is 9.59 Å². The Balaban J connectivity index is 1.27. The first-order valence-electron chi connectivity index (χ1n) is 11.0. The molecule has 0 unspecified atom stereocenters. The molecule has 0 saturated carbocycles. The van der Waals surface area contributed by atoms with Gasteiger partial charge < -0.3 is 15.1 Å². The van der Waals surface area contributed by atoms with Crippen molar-refractivity contribution in [1.29, 1.82) is 0 Å². The molecule has 0 radical (unpaired) electrons. The van der Waals surface area contributed by atoms with Crippen molar-refractivity contribution >= 4 is 50.9 Å². The normalized spacial score (nSPS) is 13.6. The van der Waals surface area contributed by atoms with E-state index in [0.717, 1.165) is 40.3 Å². The maximum absolute atomic E-state index is 12.8. The molecule has 1 N–H and O–H groups in total. The molecule has 0 spiro atoms. The van der Waals surface area contributed by atoms with Crippen molar-refractivity contribution in [3.05, 3.63) is 76.0 Å². The van der Waals surface area contributed by atoms with Gasteiger partial charge in [-0.1, -0.05) is 23.9 Å². The number of rotatable bonds is 6. The Morgan fingerprint density at radius 2 is 1.62 bits per heavy atom. The minimum absolute atomic E-state index is 0.0503. The Labute approximate surface area is 212 Å². The van der Waals surface area contributed by atoms with Crippen molar-refractivity contribution in [2.45, 2.75) is 19.0 Å². The van der Waals surface area contributed by atoms with E-state index in [2.05, 4.69) is 36.1 Å². The van der Waals surface area contributed by atoms with Crippen molar-refractivity contribution in [3.63, 3.8) is 0 Å². The highest BCUT2D eigenvalue weighted by molar-refractivity contribution is 9.10. The fourth-order valence-corrected chi connectivity index (χ4v) is 5.02. The van der Waals surface area contributed by atoms with E-state index in [-0.39, 0.29) is 17.6 Å². The predicted molar refractivity (Wildman–Crippen MR) is 140 cm³/mol. The number of carbonyl (C=O) groups excluding carboxylic acids is 2. The van der Waals surface area contributed by atoms with Gasteiger partial charge in [0, 0.05) is 53.4 Å². The summed E-state index contributed by atoms with van der Waals surface area (Å²) in [6, 6.07) is 17.2. The minimum atomic E-state index is -0.0975. The zero-order chi connectivity index (χ0) is 24.1. The molecule has 34 heavy (non-hydrogen) atoms. The van der Waals surface area contributed by atoms with Gasteiger partial charge in [0.15, 0.2) is 5.16 Å². The summed E-state index contributed by atoms with van der Waals surface area (Å²) in [5.74, 6) is 0.201. The van der Waals surface area contributed by atoms with E-state index in [1.54, 1.807) is 0 Å². The Morgan fingerprint density at radius 3 is 2.26 bits per heavy atom. The molecule has 0 atom stereocenters. The van der Waals surface area contributed by atoms with Gasteiger partial charge in [0.25, 0.3) is 5.91 Å². The summed E-state index contributed by atoms with van der Waals surface area (Å²) in [7, 11) is 0. The molecule has 1 aromatic heterocycles. The lowest BCUT2D eigenvalue weighted by atomic mass is 10.1. The largest absolute Gasteiger partial charge is 0.368 e. The second-order valence-electron chi connectivity index (χ2n) is 8.08. The molecule has 4 rings (SSSR count). The number of nitrogens with one attached hydrogen (secondary N) is 1. The number of thioether (sulfide) groups is 1. The number of nitrogens with zero attached hydrogens (tertiary/aromatic N) is 4. The molecule has 2 heterocycles. The first-order chi connectivity index (χ1) is 16.4. The lowest BCUT2D eigenvalue weighted by Crippen LogP contribution is -2.48. The second-order valence-corrected chi connectivity index (χ2v) is 9.87. The quantitative estimate of drug-likeness (QED) is 0.365. The Kier molecular flexibility index (Phi) is 7.84. The highest BCUT2D eigenvalue weighted by Crippen LogP contribution is 2.23. The summed E-state index contributed by atoms with van der Waals surface area (Å²) in [4.78, 5) is 38.0. The maximum atomic E-state index is 12.8. The first-order valence-corrected chi connectivity index (χ1v) is 12.8. The van der Waals surface area contributed by atoms with Gasteiger partial charge in [0.05, 0.1) is 11.3 Å². The van der Waals surface area contributed by atoms with Gasteiger partial charge in [0.1, 0.15) is 0 Å². The van der Waals surface area contributed by atoms with Gasteiger partial charge in [-0.2, -0.15) is 0 Å². The Bertz CT molecular complexity index is 1160. The highest BCUT2D eigenvalue weighted by Gasteiger charge is 2.23. The van der Waals surface area contributed by atoms with E-state index in [0.29, 0.717) is 23.8 Å². The van der Waals surface area contributed by atoms with Gasteiger partial charge in [-0.25, -0.2) is 9.97 Å². The van der Waals surface area contributed by atoms with Crippen LogP contribution in [0.15, 0.2) is 64.2 Å². The Morgan fingerprint density at radius 1 is 0.971 bits per heavy atom. The SMILES string of the molecule is Cc1cc(C)nc(SCC(=O)Nc2ccc(N3CCN(C(=O)c4ccccc4Br)CC3)cc2)n1. The monoisotopic (exact) mass is 539 g/mol. The molecular formula is C25H26BrN5O2S. The fraction of sp³-hybridized carbons (Fsp3) is 0.280. The number of carbonyl (C=O) groups is 2. The summed E-state index contributed by atoms with van der Waals surface area (Å²) in [5.41, 5.74) is 4.30. The fourth-order valence-electron chi connectivity index (χ4n) is 3.81. The van der Waals surface area contributed by atoms with Crippen LogP contribution in [-0.2, 0) is 4.79 Å². The number of piperazine rings is 1. The molecule has 9 heteroatoms. The van der Waals surface area contributed by atoms with Crippen LogP contribution in [0.2, 0.25) is 0 Å². The van der Waals surface area contributed by atoms with Gasteiger partial charge in [0.2, 0.25) is 5.91 Å². The molecule has 1 aliphatic heterocycles. The average Bonchev–Trinajstić information content (AvgIpc) is 2.83. The van der Waals surface area contributed by atoms with Crippen LogP contribution in [0.4, 0.5) is 11.4 Å². The van der Waals surface area contributed by atoms with Crippen LogP contribution in [0, 0.1) is 13.8 Å². The molecule has 7 nitrogen and oxygen atoms in total. The topological polar surface area (TPSA) is 78.4 Å². The van der Waals surface area contributed by atoms with E-state index >= 15 is 0 Å². The summed E-state index contributed by atoms with van der Waals surface area (Å²) in [6.45, 7) is 6.68. The smallest absolute Gasteiger partial charge is 0.255 e. The zero-order valence-electron chi connectivity index (χ0n) is 19.1. The first kappa shape index (κ1) is 24.2. The third-order valence-electron chi connectivity index (χ3n) is 5.48. The number of halogens is 1. The summed E-state index contributed by atoms with van der Waals surface area (Å²) < 4.78 is 0.819. The number of anilines is 2. The standard InChI is InChI=1S/C25H26BrN5O2S/c1-17-15-18(2)28-25(27-17)34-16-23(32)29-19-7-9-20(10-8-19)30-11-13-31(14-12-30)24(33)21-5-3-4-6-22(21)26/h3-10,15H,11-14,16H2,1-2H3,(H,29,32). The molecule has 2 aromatic carbocycles. The van der Waals surface area contributed by atoms with E-state index in [1.807, 2.05) is 73.3 Å². The minimum Gasteiger partial charge on any atom is -0.368 e. The molecule has 1 saturated heterocycles. The van der Waals surface area contributed by atoms with Crippen molar-refractivity contribution in [2.24, 2.45) is 0 Å². The predicted octanol–water partition coefficient (Wildman–Crippen LogP) is 4.55. The number of aryl methyl sites for hydroxylation is 2. The lowest BCUT2D eigenvalue weighted by Gasteiger charge is -2.36. The van der Waals surface area contributed by atoms with Crippen LogP contribution >= 0.6 is 27.7 Å². The van der Waals surface area contributed by atoms with Crippen LogP contribution in [-0.4, -0.2) is 58.6 Å². The molecule has 3 aromatic rings. The van der Waals surface area contributed by atoms with Crippen LogP contribution in [0.25, 0.3) is 0 Å². The molecule has 1 aliphatic rings. The van der Waals surface area contributed by atoms with Crippen LogP contribution in [0.3, 0.4) is 0 Å². The molecular weight excluding hydrogens is 514 g/mol. The maximum Gasteiger partial charge on any atom is 0.255 e. The lowest BCUT2D eigenvalue weighted by molar-refractivity contribution is -0.113. The second kappa shape index (κ2) is 11.0. The molecule has 176 valence electrons. The molecule has 2 amide bonds. The Hall–Kier alpha value is -2.91. The van der Waals surface area contributed by atoms with Crippen molar-refractivity contribution in [1.82, 2.24) is 14.9 Å². The van der Waals surface area contributed by atoms with Crippen molar-refractivity contribution < 1.29 is 9.59 Å². The third kappa shape index (κ3) is 6.15. The zero-order valence-corrected chi connectivity index (χ0v) is 21.5. The van der Waals surface area contributed by atoms with Crippen LogP contribution < -0.4 is 10.2 Å².